The number of fused-ring (bicyclic) bond motifs is 1. The molecular weight excluding hydrogens is 424 g/mol. The fourth-order valence-electron chi connectivity index (χ4n) is 4.73. The predicted molar refractivity (Wildman–Crippen MR) is 125 cm³/mol. The first-order valence-corrected chi connectivity index (χ1v) is 12.1. The van der Waals surface area contributed by atoms with Gasteiger partial charge in [-0.15, -0.1) is 11.8 Å². The Bertz CT molecular complexity index is 926. The van der Waals surface area contributed by atoms with E-state index in [4.69, 9.17) is 4.74 Å². The number of carbonyl (C=O) groups is 2. The zero-order valence-electron chi connectivity index (χ0n) is 18.4. The van der Waals surface area contributed by atoms with Gasteiger partial charge in [0.15, 0.2) is 0 Å². The van der Waals surface area contributed by atoms with E-state index in [-0.39, 0.29) is 24.1 Å². The number of hydrogen-bond donors (Lipinski definition) is 1. The number of ether oxygens (including phenoxy) is 1. The standard InChI is InChI=1S/C25H30N2O4S/c1-31-22(28)14-8-9-15-25(30)23-21(18-32-25)26(16-19-10-4-2-5-11-19)24(29)27(23)17-20-12-6-3-7-13-20/h2-7,10-13,21,23,30H,8-9,14-18H2,1H3. The lowest BCUT2D eigenvalue weighted by Gasteiger charge is -2.34. The first-order chi connectivity index (χ1) is 15.5. The summed E-state index contributed by atoms with van der Waals surface area (Å²) in [4.78, 5) is 27.7. The van der Waals surface area contributed by atoms with Gasteiger partial charge in [-0.2, -0.15) is 0 Å². The molecule has 2 heterocycles. The van der Waals surface area contributed by atoms with Crippen LogP contribution < -0.4 is 0 Å². The minimum absolute atomic E-state index is 0.0269. The van der Waals surface area contributed by atoms with Crippen molar-refractivity contribution in [2.45, 2.75) is 55.8 Å². The van der Waals surface area contributed by atoms with Crippen molar-refractivity contribution in [2.24, 2.45) is 0 Å². The molecule has 0 spiro atoms. The molecule has 3 unspecified atom stereocenters. The number of benzene rings is 2. The van der Waals surface area contributed by atoms with Gasteiger partial charge in [-0.05, 0) is 30.4 Å². The number of hydrogen-bond acceptors (Lipinski definition) is 5. The molecule has 3 atom stereocenters. The largest absolute Gasteiger partial charge is 0.469 e. The molecule has 2 aromatic carbocycles. The topological polar surface area (TPSA) is 70.1 Å². The highest BCUT2D eigenvalue weighted by atomic mass is 32.2. The van der Waals surface area contributed by atoms with Gasteiger partial charge in [0.25, 0.3) is 0 Å². The number of rotatable bonds is 9. The Kier molecular flexibility index (Phi) is 7.06. The number of methoxy groups -OCH3 is 1. The number of amides is 2. The van der Waals surface area contributed by atoms with Gasteiger partial charge in [-0.25, -0.2) is 4.79 Å². The van der Waals surface area contributed by atoms with Crippen LogP contribution in [0.2, 0.25) is 0 Å². The quantitative estimate of drug-likeness (QED) is 0.352. The number of urea groups is 1. The fourth-order valence-corrected chi connectivity index (χ4v) is 6.29. The Labute approximate surface area is 193 Å². The van der Waals surface area contributed by atoms with E-state index < -0.39 is 4.93 Å². The van der Waals surface area contributed by atoms with E-state index in [0.29, 0.717) is 44.5 Å². The molecule has 0 bridgehead atoms. The van der Waals surface area contributed by atoms with Gasteiger partial charge in [0, 0.05) is 25.3 Å². The van der Waals surface area contributed by atoms with E-state index in [1.807, 2.05) is 70.5 Å². The molecule has 1 N–H and O–H groups in total. The maximum atomic E-state index is 13.5. The highest BCUT2D eigenvalue weighted by Gasteiger charge is 2.59. The smallest absolute Gasteiger partial charge is 0.321 e. The molecule has 0 aromatic heterocycles. The summed E-state index contributed by atoms with van der Waals surface area (Å²) in [6, 6.07) is 19.6. The van der Waals surface area contributed by atoms with Gasteiger partial charge < -0.3 is 19.6 Å². The van der Waals surface area contributed by atoms with Crippen molar-refractivity contribution in [1.82, 2.24) is 9.80 Å². The molecule has 2 saturated heterocycles. The minimum atomic E-state index is -1.03. The molecule has 2 aliphatic heterocycles. The summed E-state index contributed by atoms with van der Waals surface area (Å²) in [5.74, 6) is 0.465. The molecule has 7 heteroatoms. The average molecular weight is 455 g/mol. The number of esters is 1. The number of nitrogens with zero attached hydrogens (tertiary/aromatic N) is 2. The van der Waals surface area contributed by atoms with E-state index in [0.717, 1.165) is 11.1 Å². The van der Waals surface area contributed by atoms with Crippen LogP contribution in [0.3, 0.4) is 0 Å². The van der Waals surface area contributed by atoms with E-state index in [1.165, 1.54) is 18.9 Å². The van der Waals surface area contributed by atoms with Crippen molar-refractivity contribution >= 4 is 23.8 Å². The molecule has 32 heavy (non-hydrogen) atoms. The van der Waals surface area contributed by atoms with E-state index in [1.54, 1.807) is 0 Å². The maximum Gasteiger partial charge on any atom is 0.321 e. The van der Waals surface area contributed by atoms with E-state index >= 15 is 0 Å². The second-order valence-electron chi connectivity index (χ2n) is 8.46. The highest BCUT2D eigenvalue weighted by Crippen LogP contribution is 2.48. The zero-order valence-corrected chi connectivity index (χ0v) is 19.2. The number of thioether (sulfide) groups is 1. The van der Waals surface area contributed by atoms with Crippen molar-refractivity contribution in [3.05, 3.63) is 71.8 Å². The Morgan fingerprint density at radius 2 is 1.62 bits per heavy atom. The van der Waals surface area contributed by atoms with Gasteiger partial charge in [-0.3, -0.25) is 4.79 Å². The lowest BCUT2D eigenvalue weighted by atomic mass is 9.97. The summed E-state index contributed by atoms with van der Waals surface area (Å²) in [5, 5.41) is 11.7. The van der Waals surface area contributed by atoms with Crippen LogP contribution in [-0.2, 0) is 22.6 Å². The van der Waals surface area contributed by atoms with Crippen molar-refractivity contribution < 1.29 is 19.4 Å². The van der Waals surface area contributed by atoms with Crippen molar-refractivity contribution in [3.8, 4) is 0 Å². The van der Waals surface area contributed by atoms with Crippen LogP contribution in [0.5, 0.6) is 0 Å². The van der Waals surface area contributed by atoms with Crippen LogP contribution in [0.4, 0.5) is 4.79 Å². The van der Waals surface area contributed by atoms with Gasteiger partial charge in [0.1, 0.15) is 4.93 Å². The predicted octanol–water partition coefficient (Wildman–Crippen LogP) is 4.03. The van der Waals surface area contributed by atoms with Crippen molar-refractivity contribution in [2.75, 3.05) is 12.9 Å². The van der Waals surface area contributed by atoms with Crippen LogP contribution >= 0.6 is 11.8 Å². The zero-order chi connectivity index (χ0) is 22.6. The second-order valence-corrected chi connectivity index (χ2v) is 9.79. The molecule has 6 nitrogen and oxygen atoms in total. The summed E-state index contributed by atoms with van der Waals surface area (Å²) >= 11 is 1.54. The van der Waals surface area contributed by atoms with Gasteiger partial charge in [0.2, 0.25) is 0 Å². The number of aliphatic hydroxyl groups is 1. The summed E-state index contributed by atoms with van der Waals surface area (Å²) < 4.78 is 4.72. The minimum Gasteiger partial charge on any atom is -0.469 e. The first kappa shape index (κ1) is 22.7. The summed E-state index contributed by atoms with van der Waals surface area (Å²) in [6.07, 6.45) is 2.24. The van der Waals surface area contributed by atoms with Crippen LogP contribution in [0, 0.1) is 0 Å². The normalized spacial score (nSPS) is 24.6. The lowest BCUT2D eigenvalue weighted by molar-refractivity contribution is -0.140. The molecule has 0 radical (unpaired) electrons. The molecular formula is C25H30N2O4S. The highest BCUT2D eigenvalue weighted by molar-refractivity contribution is 8.00. The Balaban J connectivity index is 1.54. The summed E-state index contributed by atoms with van der Waals surface area (Å²) in [7, 11) is 1.39. The Morgan fingerprint density at radius 1 is 1.03 bits per heavy atom. The van der Waals surface area contributed by atoms with Crippen molar-refractivity contribution in [1.29, 1.82) is 0 Å². The van der Waals surface area contributed by atoms with Crippen molar-refractivity contribution in [3.63, 3.8) is 0 Å². The van der Waals surface area contributed by atoms with Crippen LogP contribution in [0.1, 0.15) is 36.8 Å². The Hall–Kier alpha value is -2.51. The van der Waals surface area contributed by atoms with Gasteiger partial charge in [-0.1, -0.05) is 60.7 Å². The maximum absolute atomic E-state index is 13.5. The molecule has 4 rings (SSSR count). The van der Waals surface area contributed by atoms with Gasteiger partial charge >= 0.3 is 12.0 Å². The van der Waals surface area contributed by atoms with Crippen LogP contribution in [-0.4, -0.2) is 56.8 Å². The molecule has 0 saturated carbocycles. The Morgan fingerprint density at radius 3 is 2.22 bits per heavy atom. The third-order valence-electron chi connectivity index (χ3n) is 6.34. The molecule has 2 amide bonds. The van der Waals surface area contributed by atoms with Crippen LogP contribution in [0.25, 0.3) is 0 Å². The van der Waals surface area contributed by atoms with Gasteiger partial charge in [0.05, 0.1) is 19.2 Å². The first-order valence-electron chi connectivity index (χ1n) is 11.1. The second kappa shape index (κ2) is 9.96. The third kappa shape index (κ3) is 4.79. The molecule has 170 valence electrons. The molecule has 2 fully saturated rings. The van der Waals surface area contributed by atoms with Crippen LogP contribution in [0.15, 0.2) is 60.7 Å². The monoisotopic (exact) mass is 454 g/mol. The summed E-state index contributed by atoms with van der Waals surface area (Å²) in [5.41, 5.74) is 2.13. The number of carbonyl (C=O) groups excluding carboxylic acids is 2. The average Bonchev–Trinajstić information content (AvgIpc) is 3.28. The number of unbranched alkanes of at least 4 members (excludes halogenated alkanes) is 1. The molecule has 0 aliphatic carbocycles. The third-order valence-corrected chi connectivity index (χ3v) is 7.80. The summed E-state index contributed by atoms with van der Waals surface area (Å²) in [6.45, 7) is 1.00. The van der Waals surface area contributed by atoms with E-state index in [2.05, 4.69) is 0 Å². The van der Waals surface area contributed by atoms with E-state index in [9.17, 15) is 14.7 Å². The lowest BCUT2D eigenvalue weighted by Crippen LogP contribution is -2.48. The fraction of sp³-hybridized carbons (Fsp3) is 0.440. The molecule has 2 aliphatic rings. The SMILES string of the molecule is COC(=O)CCCCC1(O)SCC2C1N(Cc1ccccc1)C(=O)N2Cc1ccccc1. The molecule has 2 aromatic rings.